The van der Waals surface area contributed by atoms with E-state index >= 15 is 0 Å². The highest BCUT2D eigenvalue weighted by molar-refractivity contribution is 7.90. The van der Waals surface area contributed by atoms with Crippen molar-refractivity contribution < 1.29 is 13.2 Å². The molecule has 2 aromatic heterocycles. The second kappa shape index (κ2) is 7.01. The van der Waals surface area contributed by atoms with E-state index in [0.717, 1.165) is 9.54 Å². The van der Waals surface area contributed by atoms with Gasteiger partial charge in [-0.15, -0.1) is 0 Å². The third-order valence-electron chi connectivity index (χ3n) is 3.97. The normalized spacial score (nSPS) is 11.5. The maximum atomic E-state index is 13.0. The number of carbonyl (C=O) groups excluding carboxylic acids is 1. The summed E-state index contributed by atoms with van der Waals surface area (Å²) in [5, 5.41) is 0.0252. The molecular formula is C18H16ClN3O3S. The fourth-order valence-corrected chi connectivity index (χ4v) is 4.17. The summed E-state index contributed by atoms with van der Waals surface area (Å²) in [6.07, 6.45) is 4.32. The third kappa shape index (κ3) is 3.27. The number of ketones is 1. The largest absolute Gasteiger partial charge is 0.288 e. The lowest BCUT2D eigenvalue weighted by molar-refractivity contribution is 0.103. The van der Waals surface area contributed by atoms with Crippen LogP contribution in [0.5, 0.6) is 0 Å². The van der Waals surface area contributed by atoms with Gasteiger partial charge in [0.05, 0.1) is 10.5 Å². The Morgan fingerprint density at radius 3 is 2.54 bits per heavy atom. The fraction of sp³-hybridized carbons (Fsp3) is 0.167. The second-order valence-electron chi connectivity index (χ2n) is 5.74. The predicted molar refractivity (Wildman–Crippen MR) is 98.0 cm³/mol. The minimum atomic E-state index is -3.80. The maximum absolute atomic E-state index is 13.0. The average Bonchev–Trinajstić information content (AvgIpc) is 3.07. The van der Waals surface area contributed by atoms with E-state index in [1.54, 1.807) is 30.3 Å². The van der Waals surface area contributed by atoms with Gasteiger partial charge in [0.1, 0.15) is 11.5 Å². The van der Waals surface area contributed by atoms with Crippen molar-refractivity contribution in [2.24, 2.45) is 0 Å². The van der Waals surface area contributed by atoms with E-state index in [-0.39, 0.29) is 21.2 Å². The minimum Gasteiger partial charge on any atom is -0.288 e. The quantitative estimate of drug-likeness (QED) is 0.494. The molecule has 0 bridgehead atoms. The molecule has 26 heavy (non-hydrogen) atoms. The zero-order valence-electron chi connectivity index (χ0n) is 14.2. The Labute approximate surface area is 156 Å². The molecule has 0 radical (unpaired) electrons. The molecule has 1 aromatic carbocycles. The molecule has 8 heteroatoms. The molecule has 6 nitrogen and oxygen atoms in total. The van der Waals surface area contributed by atoms with Crippen LogP contribution in [0.15, 0.2) is 53.9 Å². The van der Waals surface area contributed by atoms with E-state index in [1.807, 2.05) is 13.8 Å². The number of hydrogen-bond donors (Lipinski definition) is 0. The molecule has 0 N–H and O–H groups in total. The molecule has 0 unspecified atom stereocenters. The lowest BCUT2D eigenvalue weighted by atomic mass is 10.1. The van der Waals surface area contributed by atoms with Crippen LogP contribution in [0.3, 0.4) is 0 Å². The van der Waals surface area contributed by atoms with Crippen LogP contribution in [-0.2, 0) is 16.4 Å². The van der Waals surface area contributed by atoms with E-state index in [0.29, 0.717) is 12.1 Å². The van der Waals surface area contributed by atoms with Crippen LogP contribution in [-0.4, -0.2) is 28.1 Å². The van der Waals surface area contributed by atoms with Crippen LogP contribution in [0.2, 0.25) is 5.15 Å². The number of halogens is 1. The van der Waals surface area contributed by atoms with E-state index in [4.69, 9.17) is 11.6 Å². The summed E-state index contributed by atoms with van der Waals surface area (Å²) in [5.74, 6) is -0.428. The lowest BCUT2D eigenvalue weighted by Crippen LogP contribution is -2.14. The van der Waals surface area contributed by atoms with Crippen LogP contribution >= 0.6 is 11.6 Å². The van der Waals surface area contributed by atoms with Crippen molar-refractivity contribution in [3.05, 3.63) is 76.6 Å². The highest BCUT2D eigenvalue weighted by Gasteiger charge is 2.23. The van der Waals surface area contributed by atoms with Crippen molar-refractivity contribution in [2.45, 2.75) is 25.2 Å². The number of rotatable bonds is 5. The maximum Gasteiger partial charge on any atom is 0.267 e. The van der Waals surface area contributed by atoms with Crippen molar-refractivity contribution >= 4 is 27.4 Å². The highest BCUT2D eigenvalue weighted by atomic mass is 35.5. The van der Waals surface area contributed by atoms with Crippen molar-refractivity contribution in [3.8, 4) is 0 Å². The van der Waals surface area contributed by atoms with Crippen LogP contribution in [0.1, 0.15) is 34.1 Å². The molecule has 3 aromatic rings. The Morgan fingerprint density at radius 1 is 1.23 bits per heavy atom. The Kier molecular flexibility index (Phi) is 4.93. The van der Waals surface area contributed by atoms with E-state index in [1.165, 1.54) is 18.7 Å². The topological polar surface area (TPSA) is 81.9 Å². The average molecular weight is 390 g/mol. The van der Waals surface area contributed by atoms with Gasteiger partial charge in [-0.1, -0.05) is 36.2 Å². The van der Waals surface area contributed by atoms with Gasteiger partial charge >= 0.3 is 0 Å². The molecule has 0 fully saturated rings. The fourth-order valence-electron chi connectivity index (χ4n) is 2.54. The van der Waals surface area contributed by atoms with E-state index in [9.17, 15) is 13.2 Å². The van der Waals surface area contributed by atoms with Crippen LogP contribution < -0.4 is 0 Å². The Hall–Kier alpha value is -2.51. The number of aromatic nitrogens is 3. The molecule has 0 aliphatic rings. The molecule has 3 rings (SSSR count). The Morgan fingerprint density at radius 2 is 1.92 bits per heavy atom. The molecule has 134 valence electrons. The first-order valence-corrected chi connectivity index (χ1v) is 9.70. The molecule has 0 aliphatic heterocycles. The van der Waals surface area contributed by atoms with Crippen molar-refractivity contribution in [1.29, 1.82) is 0 Å². The zero-order chi connectivity index (χ0) is 18.9. The van der Waals surface area contributed by atoms with Gasteiger partial charge in [0.25, 0.3) is 10.0 Å². The van der Waals surface area contributed by atoms with Gasteiger partial charge in [0.2, 0.25) is 0 Å². The Bertz CT molecular complexity index is 1070. The van der Waals surface area contributed by atoms with Gasteiger partial charge < -0.3 is 0 Å². The van der Waals surface area contributed by atoms with Crippen LogP contribution in [0, 0.1) is 6.92 Å². The van der Waals surface area contributed by atoms with Gasteiger partial charge in [-0.2, -0.15) is 0 Å². The second-order valence-corrected chi connectivity index (χ2v) is 7.92. The zero-order valence-corrected chi connectivity index (χ0v) is 15.8. The number of hydrogen-bond acceptors (Lipinski definition) is 5. The number of benzene rings is 1. The van der Waals surface area contributed by atoms with Gasteiger partial charge in [0, 0.05) is 23.7 Å². The number of aryl methyl sites for hydroxylation is 2. The van der Waals surface area contributed by atoms with Gasteiger partial charge in [-0.3, -0.25) is 4.79 Å². The standard InChI is InChI=1S/C18H16ClN3O3S/c1-3-14-8-13(17(23)16-9-20-11-21-18(16)19)10-22(14)26(24,25)15-6-4-12(2)5-7-15/h4-11H,3H2,1-2H3. The SMILES string of the molecule is CCc1cc(C(=O)c2cncnc2Cl)cn1S(=O)(=O)c1ccc(C)cc1. The van der Waals surface area contributed by atoms with Gasteiger partial charge in [0.15, 0.2) is 5.78 Å². The van der Waals surface area contributed by atoms with E-state index in [2.05, 4.69) is 9.97 Å². The van der Waals surface area contributed by atoms with Crippen LogP contribution in [0.4, 0.5) is 0 Å². The summed E-state index contributed by atoms with van der Waals surface area (Å²) in [5.41, 5.74) is 1.81. The molecule has 0 saturated heterocycles. The van der Waals surface area contributed by atoms with Crippen molar-refractivity contribution in [2.75, 3.05) is 0 Å². The first-order chi connectivity index (χ1) is 12.3. The number of carbonyl (C=O) groups is 1. The first-order valence-electron chi connectivity index (χ1n) is 7.88. The van der Waals surface area contributed by atoms with E-state index < -0.39 is 15.8 Å². The molecule has 0 saturated carbocycles. The first kappa shape index (κ1) is 18.3. The molecule has 0 atom stereocenters. The summed E-state index contributed by atoms with van der Waals surface area (Å²) in [6, 6.07) is 8.11. The molecule has 2 heterocycles. The van der Waals surface area contributed by atoms with Gasteiger partial charge in [-0.05, 0) is 31.5 Å². The van der Waals surface area contributed by atoms with Gasteiger partial charge in [-0.25, -0.2) is 22.4 Å². The lowest BCUT2D eigenvalue weighted by Gasteiger charge is -2.09. The number of nitrogens with zero attached hydrogens (tertiary/aromatic N) is 3. The molecule has 0 aliphatic carbocycles. The van der Waals surface area contributed by atoms with Crippen LogP contribution in [0.25, 0.3) is 0 Å². The summed E-state index contributed by atoms with van der Waals surface area (Å²) in [7, 11) is -3.80. The highest BCUT2D eigenvalue weighted by Crippen LogP contribution is 2.23. The third-order valence-corrected chi connectivity index (χ3v) is 6.00. The monoisotopic (exact) mass is 389 g/mol. The van der Waals surface area contributed by atoms with Crippen molar-refractivity contribution in [3.63, 3.8) is 0 Å². The Balaban J connectivity index is 2.09. The molecular weight excluding hydrogens is 374 g/mol. The summed E-state index contributed by atoms with van der Waals surface area (Å²) < 4.78 is 27.1. The molecule has 0 spiro atoms. The molecule has 0 amide bonds. The predicted octanol–water partition coefficient (Wildman–Crippen LogP) is 3.27. The smallest absolute Gasteiger partial charge is 0.267 e. The summed E-state index contributed by atoms with van der Waals surface area (Å²) in [6.45, 7) is 3.70. The van der Waals surface area contributed by atoms with Crippen molar-refractivity contribution in [1.82, 2.24) is 13.9 Å². The minimum absolute atomic E-state index is 0.0252. The summed E-state index contributed by atoms with van der Waals surface area (Å²) in [4.78, 5) is 20.4. The summed E-state index contributed by atoms with van der Waals surface area (Å²) >= 11 is 5.95.